The van der Waals surface area contributed by atoms with Gasteiger partial charge in [0.05, 0.1) is 11.7 Å². The fraction of sp³-hybridized carbons (Fsp3) is 0.208. The normalized spacial score (nSPS) is 26.6. The lowest BCUT2D eigenvalue weighted by atomic mass is 9.84. The summed E-state index contributed by atoms with van der Waals surface area (Å²) in [5.41, 5.74) is 3.00. The number of benzene rings is 3. The molecule has 28 heavy (non-hydrogen) atoms. The van der Waals surface area contributed by atoms with E-state index in [1.165, 1.54) is 0 Å². The number of para-hydroxylation sites is 1. The molecule has 4 atom stereocenters. The van der Waals surface area contributed by atoms with Crippen molar-refractivity contribution in [3.8, 4) is 0 Å². The van der Waals surface area contributed by atoms with Crippen molar-refractivity contribution >= 4 is 11.7 Å². The Morgan fingerprint density at radius 2 is 1.32 bits per heavy atom. The molecule has 5 rings (SSSR count). The van der Waals surface area contributed by atoms with E-state index in [0.29, 0.717) is 6.42 Å². The van der Waals surface area contributed by atoms with Gasteiger partial charge in [0.2, 0.25) is 0 Å². The molecule has 2 fully saturated rings. The Morgan fingerprint density at radius 1 is 0.750 bits per heavy atom. The molecule has 2 saturated heterocycles. The van der Waals surface area contributed by atoms with Crippen molar-refractivity contribution in [2.24, 2.45) is 5.92 Å². The second-order valence-corrected chi connectivity index (χ2v) is 7.26. The van der Waals surface area contributed by atoms with Crippen molar-refractivity contribution in [3.63, 3.8) is 0 Å². The van der Waals surface area contributed by atoms with Gasteiger partial charge in [0, 0.05) is 6.42 Å². The zero-order chi connectivity index (χ0) is 18.9. The molecular formula is C24H21NO3. The number of hydroxylamine groups is 1. The number of carbonyl (C=O) groups excluding carboxylic acids is 1. The van der Waals surface area contributed by atoms with E-state index in [-0.39, 0.29) is 30.1 Å². The monoisotopic (exact) mass is 371 g/mol. The number of nitrogens with zero attached hydrogens (tertiary/aromatic N) is 1. The van der Waals surface area contributed by atoms with Crippen LogP contribution in [0, 0.1) is 5.92 Å². The van der Waals surface area contributed by atoms with Gasteiger partial charge >= 0.3 is 5.97 Å². The van der Waals surface area contributed by atoms with E-state index in [9.17, 15) is 4.79 Å². The first kappa shape index (κ1) is 17.0. The van der Waals surface area contributed by atoms with Gasteiger partial charge in [-0.2, -0.15) is 0 Å². The first-order chi connectivity index (χ1) is 13.8. The Hall–Kier alpha value is -3.11. The number of hydrogen-bond donors (Lipinski definition) is 0. The second kappa shape index (κ2) is 7.13. The predicted molar refractivity (Wildman–Crippen MR) is 106 cm³/mol. The molecule has 140 valence electrons. The molecule has 0 unspecified atom stereocenters. The SMILES string of the molecule is O=C1O[C@@H](c2ccccc2)C[C@@H]2ON(c3ccccc3)[C@H](c3ccccc3)[C@H]12. The first-order valence-corrected chi connectivity index (χ1v) is 9.63. The summed E-state index contributed by atoms with van der Waals surface area (Å²) < 4.78 is 5.88. The van der Waals surface area contributed by atoms with Crippen LogP contribution in [0.2, 0.25) is 0 Å². The van der Waals surface area contributed by atoms with E-state index in [2.05, 4.69) is 0 Å². The summed E-state index contributed by atoms with van der Waals surface area (Å²) in [5, 5.41) is 1.89. The Kier molecular flexibility index (Phi) is 4.34. The Balaban J connectivity index is 1.52. The summed E-state index contributed by atoms with van der Waals surface area (Å²) in [4.78, 5) is 19.5. The Bertz CT molecular complexity index is 945. The fourth-order valence-corrected chi connectivity index (χ4v) is 4.24. The molecule has 0 radical (unpaired) electrons. The van der Waals surface area contributed by atoms with Crippen LogP contribution in [0.15, 0.2) is 91.0 Å². The molecule has 2 heterocycles. The van der Waals surface area contributed by atoms with Crippen molar-refractivity contribution in [2.75, 3.05) is 5.06 Å². The van der Waals surface area contributed by atoms with Crippen LogP contribution in [-0.2, 0) is 14.4 Å². The minimum atomic E-state index is -0.359. The van der Waals surface area contributed by atoms with Crippen LogP contribution < -0.4 is 5.06 Å². The topological polar surface area (TPSA) is 38.8 Å². The maximum absolute atomic E-state index is 13.1. The molecule has 2 aliphatic heterocycles. The van der Waals surface area contributed by atoms with Crippen molar-refractivity contribution in [2.45, 2.75) is 24.7 Å². The van der Waals surface area contributed by atoms with Gasteiger partial charge in [-0.05, 0) is 23.3 Å². The van der Waals surface area contributed by atoms with Crippen molar-refractivity contribution in [1.82, 2.24) is 0 Å². The van der Waals surface area contributed by atoms with E-state index < -0.39 is 0 Å². The van der Waals surface area contributed by atoms with Crippen LogP contribution in [0.4, 0.5) is 5.69 Å². The summed E-state index contributed by atoms with van der Waals surface area (Å²) in [6.07, 6.45) is 0.145. The fourth-order valence-electron chi connectivity index (χ4n) is 4.24. The minimum Gasteiger partial charge on any atom is -0.457 e. The number of anilines is 1. The second-order valence-electron chi connectivity index (χ2n) is 7.26. The average Bonchev–Trinajstić information content (AvgIpc) is 3.16. The average molecular weight is 371 g/mol. The summed E-state index contributed by atoms with van der Waals surface area (Å²) >= 11 is 0. The van der Waals surface area contributed by atoms with Crippen molar-refractivity contribution in [1.29, 1.82) is 0 Å². The molecule has 0 spiro atoms. The van der Waals surface area contributed by atoms with Gasteiger partial charge in [-0.25, -0.2) is 5.06 Å². The molecule has 0 aromatic heterocycles. The van der Waals surface area contributed by atoms with Crippen LogP contribution in [0.5, 0.6) is 0 Å². The lowest BCUT2D eigenvalue weighted by Gasteiger charge is -2.31. The van der Waals surface area contributed by atoms with Gasteiger partial charge in [-0.3, -0.25) is 9.63 Å². The number of cyclic esters (lactones) is 1. The van der Waals surface area contributed by atoms with Gasteiger partial charge in [0.15, 0.2) is 0 Å². The van der Waals surface area contributed by atoms with Crippen LogP contribution >= 0.6 is 0 Å². The highest BCUT2D eigenvalue weighted by Crippen LogP contribution is 2.48. The number of fused-ring (bicyclic) bond motifs is 1. The minimum absolute atomic E-state index is 0.197. The predicted octanol–water partition coefficient (Wildman–Crippen LogP) is 4.85. The number of hydrogen-bond acceptors (Lipinski definition) is 4. The highest BCUT2D eigenvalue weighted by Gasteiger charge is 2.53. The number of esters is 1. The van der Waals surface area contributed by atoms with E-state index in [1.807, 2.05) is 96.1 Å². The molecule has 0 aliphatic carbocycles. The van der Waals surface area contributed by atoms with Crippen molar-refractivity contribution < 1.29 is 14.4 Å². The quantitative estimate of drug-likeness (QED) is 0.617. The molecule has 0 N–H and O–H groups in total. The maximum atomic E-state index is 13.1. The van der Waals surface area contributed by atoms with Crippen LogP contribution in [0.3, 0.4) is 0 Å². The largest absolute Gasteiger partial charge is 0.457 e. The van der Waals surface area contributed by atoms with E-state index in [1.54, 1.807) is 0 Å². The highest BCUT2D eigenvalue weighted by molar-refractivity contribution is 5.77. The van der Waals surface area contributed by atoms with Gasteiger partial charge in [0.25, 0.3) is 0 Å². The molecule has 3 aromatic rings. The van der Waals surface area contributed by atoms with E-state index >= 15 is 0 Å². The Labute approximate surface area is 164 Å². The molecule has 0 saturated carbocycles. The third-order valence-corrected chi connectivity index (χ3v) is 5.54. The Morgan fingerprint density at radius 3 is 1.96 bits per heavy atom. The standard InChI is InChI=1S/C24H21NO3/c26-24-22-21(16-20(27-24)17-10-4-1-5-11-17)28-25(19-14-8-3-9-15-19)23(22)18-12-6-2-7-13-18/h1-15,20-23H,16H2/t20-,21+,22-,23-/m1/s1. The van der Waals surface area contributed by atoms with E-state index in [4.69, 9.17) is 9.57 Å². The lowest BCUT2D eigenvalue weighted by Crippen LogP contribution is -2.37. The molecule has 3 aromatic carbocycles. The van der Waals surface area contributed by atoms with Gasteiger partial charge in [-0.15, -0.1) is 0 Å². The summed E-state index contributed by atoms with van der Waals surface area (Å²) in [6, 6.07) is 29.7. The molecule has 0 bridgehead atoms. The highest BCUT2D eigenvalue weighted by atomic mass is 16.7. The van der Waals surface area contributed by atoms with Gasteiger partial charge in [-0.1, -0.05) is 78.9 Å². The van der Waals surface area contributed by atoms with Crippen LogP contribution in [0.25, 0.3) is 0 Å². The van der Waals surface area contributed by atoms with Crippen LogP contribution in [-0.4, -0.2) is 12.1 Å². The molecule has 2 aliphatic rings. The van der Waals surface area contributed by atoms with Gasteiger partial charge < -0.3 is 4.74 Å². The zero-order valence-electron chi connectivity index (χ0n) is 15.3. The molecular weight excluding hydrogens is 350 g/mol. The van der Waals surface area contributed by atoms with Crippen LogP contribution in [0.1, 0.15) is 29.7 Å². The summed E-state index contributed by atoms with van der Waals surface area (Å²) in [7, 11) is 0. The third-order valence-electron chi connectivity index (χ3n) is 5.54. The zero-order valence-corrected chi connectivity index (χ0v) is 15.3. The van der Waals surface area contributed by atoms with Gasteiger partial charge in [0.1, 0.15) is 18.1 Å². The number of carbonyl (C=O) groups is 1. The molecule has 0 amide bonds. The van der Waals surface area contributed by atoms with Crippen molar-refractivity contribution in [3.05, 3.63) is 102 Å². The molecule has 4 heteroatoms. The summed E-state index contributed by atoms with van der Waals surface area (Å²) in [5.74, 6) is -0.556. The van der Waals surface area contributed by atoms with E-state index in [0.717, 1.165) is 16.8 Å². The third kappa shape index (κ3) is 2.96. The maximum Gasteiger partial charge on any atom is 0.314 e. The summed E-state index contributed by atoms with van der Waals surface area (Å²) in [6.45, 7) is 0. The first-order valence-electron chi connectivity index (χ1n) is 9.63. The number of rotatable bonds is 3. The smallest absolute Gasteiger partial charge is 0.314 e. The lowest BCUT2D eigenvalue weighted by molar-refractivity contribution is -0.167. The molecule has 4 nitrogen and oxygen atoms in total. The number of ether oxygens (including phenoxy) is 1.